The number of aromatic nitrogens is 2. The van der Waals surface area contributed by atoms with Gasteiger partial charge in [-0.2, -0.15) is 0 Å². The molecule has 0 amide bonds. The standard InChI is InChI=1S/C15H25N3O/c1-3-19-15(8-6-4-5-7-9-15)14-17-12(2)10-13(11-16)18-14/h10H,3-9,11,16H2,1-2H3. The fourth-order valence-corrected chi connectivity index (χ4v) is 2.95. The average molecular weight is 263 g/mol. The molecule has 106 valence electrons. The summed E-state index contributed by atoms with van der Waals surface area (Å²) in [6.45, 7) is 5.21. The molecule has 2 N–H and O–H groups in total. The molecular weight excluding hydrogens is 238 g/mol. The van der Waals surface area contributed by atoms with Gasteiger partial charge in [0, 0.05) is 18.8 Å². The molecule has 4 nitrogen and oxygen atoms in total. The topological polar surface area (TPSA) is 61.0 Å². The summed E-state index contributed by atoms with van der Waals surface area (Å²) in [5.74, 6) is 0.844. The van der Waals surface area contributed by atoms with Crippen LogP contribution in [0.25, 0.3) is 0 Å². The lowest BCUT2D eigenvalue weighted by Gasteiger charge is -2.31. The second-order valence-electron chi connectivity index (χ2n) is 5.37. The van der Waals surface area contributed by atoms with E-state index in [9.17, 15) is 0 Å². The maximum Gasteiger partial charge on any atom is 0.160 e. The maximum absolute atomic E-state index is 6.13. The number of aryl methyl sites for hydroxylation is 1. The monoisotopic (exact) mass is 263 g/mol. The molecule has 0 unspecified atom stereocenters. The van der Waals surface area contributed by atoms with Gasteiger partial charge in [-0.3, -0.25) is 0 Å². The lowest BCUT2D eigenvalue weighted by atomic mass is 9.92. The maximum atomic E-state index is 6.13. The smallest absolute Gasteiger partial charge is 0.160 e. The molecule has 0 spiro atoms. The van der Waals surface area contributed by atoms with Crippen LogP contribution >= 0.6 is 0 Å². The first-order chi connectivity index (χ1) is 9.20. The third-order valence-corrected chi connectivity index (χ3v) is 3.86. The van der Waals surface area contributed by atoms with E-state index in [2.05, 4.69) is 9.97 Å². The minimum Gasteiger partial charge on any atom is -0.367 e. The van der Waals surface area contributed by atoms with E-state index in [0.29, 0.717) is 13.2 Å². The summed E-state index contributed by atoms with van der Waals surface area (Å²) in [5, 5.41) is 0. The third-order valence-electron chi connectivity index (χ3n) is 3.86. The first-order valence-corrected chi connectivity index (χ1v) is 7.39. The Morgan fingerprint density at radius 2 is 1.89 bits per heavy atom. The highest BCUT2D eigenvalue weighted by Gasteiger charge is 2.36. The summed E-state index contributed by atoms with van der Waals surface area (Å²) in [4.78, 5) is 9.29. The van der Waals surface area contributed by atoms with Gasteiger partial charge in [0.25, 0.3) is 0 Å². The molecule has 1 aromatic rings. The predicted octanol–water partition coefficient (Wildman–Crippen LogP) is 2.83. The molecule has 2 rings (SSSR count). The highest BCUT2D eigenvalue weighted by atomic mass is 16.5. The van der Waals surface area contributed by atoms with Crippen LogP contribution in [0.2, 0.25) is 0 Å². The lowest BCUT2D eigenvalue weighted by molar-refractivity contribution is -0.0626. The van der Waals surface area contributed by atoms with Crippen molar-refractivity contribution in [3.63, 3.8) is 0 Å². The second kappa shape index (κ2) is 6.44. The van der Waals surface area contributed by atoms with Gasteiger partial charge in [-0.25, -0.2) is 9.97 Å². The number of nitrogens with two attached hydrogens (primary N) is 1. The first kappa shape index (κ1) is 14.4. The summed E-state index contributed by atoms with van der Waals surface area (Å²) in [7, 11) is 0. The van der Waals surface area contributed by atoms with E-state index in [1.54, 1.807) is 0 Å². The Morgan fingerprint density at radius 1 is 1.21 bits per heavy atom. The Kier molecular flexibility index (Phi) is 4.88. The fourth-order valence-electron chi connectivity index (χ4n) is 2.95. The highest BCUT2D eigenvalue weighted by Crippen LogP contribution is 2.37. The molecule has 1 fully saturated rings. The number of hydrogen-bond acceptors (Lipinski definition) is 4. The van der Waals surface area contributed by atoms with Gasteiger partial charge < -0.3 is 10.5 Å². The van der Waals surface area contributed by atoms with Crippen molar-refractivity contribution < 1.29 is 4.74 Å². The van der Waals surface area contributed by atoms with E-state index in [-0.39, 0.29) is 5.60 Å². The molecule has 4 heteroatoms. The summed E-state index contributed by atoms with van der Waals surface area (Å²) in [5.41, 5.74) is 7.33. The molecule has 0 aliphatic heterocycles. The van der Waals surface area contributed by atoms with Gasteiger partial charge in [0.15, 0.2) is 5.82 Å². The van der Waals surface area contributed by atoms with Crippen LogP contribution < -0.4 is 5.73 Å². The van der Waals surface area contributed by atoms with E-state index in [1.165, 1.54) is 25.7 Å². The normalized spacial score (nSPS) is 19.1. The second-order valence-corrected chi connectivity index (χ2v) is 5.37. The average Bonchev–Trinajstić information content (AvgIpc) is 2.65. The van der Waals surface area contributed by atoms with Crippen molar-refractivity contribution in [3.05, 3.63) is 23.3 Å². The van der Waals surface area contributed by atoms with Crippen molar-refractivity contribution in [2.75, 3.05) is 6.61 Å². The third kappa shape index (κ3) is 3.31. The van der Waals surface area contributed by atoms with Gasteiger partial charge in [-0.15, -0.1) is 0 Å². The first-order valence-electron chi connectivity index (χ1n) is 7.39. The molecule has 1 aliphatic rings. The van der Waals surface area contributed by atoms with Crippen LogP contribution in [-0.4, -0.2) is 16.6 Å². The molecule has 1 aromatic heterocycles. The molecule has 1 saturated carbocycles. The number of rotatable bonds is 4. The zero-order valence-corrected chi connectivity index (χ0v) is 12.1. The van der Waals surface area contributed by atoms with E-state index in [1.807, 2.05) is 19.9 Å². The van der Waals surface area contributed by atoms with Crippen molar-refractivity contribution in [1.82, 2.24) is 9.97 Å². The van der Waals surface area contributed by atoms with Gasteiger partial charge in [0.2, 0.25) is 0 Å². The Hall–Kier alpha value is -1.00. The van der Waals surface area contributed by atoms with Gasteiger partial charge in [0.1, 0.15) is 5.60 Å². The van der Waals surface area contributed by atoms with E-state index in [0.717, 1.165) is 30.1 Å². The van der Waals surface area contributed by atoms with Crippen LogP contribution in [0.5, 0.6) is 0 Å². The van der Waals surface area contributed by atoms with Crippen LogP contribution in [0.15, 0.2) is 6.07 Å². The van der Waals surface area contributed by atoms with Gasteiger partial charge in [-0.05, 0) is 32.8 Å². The Balaban J connectivity index is 2.39. The van der Waals surface area contributed by atoms with Crippen molar-refractivity contribution in [2.24, 2.45) is 5.73 Å². The van der Waals surface area contributed by atoms with Crippen LogP contribution in [0, 0.1) is 6.92 Å². The zero-order chi connectivity index (χ0) is 13.7. The van der Waals surface area contributed by atoms with Gasteiger partial charge in [-0.1, -0.05) is 25.7 Å². The van der Waals surface area contributed by atoms with Crippen molar-refractivity contribution in [2.45, 2.75) is 64.5 Å². The Bertz CT molecular complexity index is 412. The van der Waals surface area contributed by atoms with Crippen LogP contribution in [0.1, 0.15) is 62.7 Å². The van der Waals surface area contributed by atoms with Crippen molar-refractivity contribution in [1.29, 1.82) is 0 Å². The zero-order valence-electron chi connectivity index (χ0n) is 12.1. The van der Waals surface area contributed by atoms with Crippen LogP contribution in [-0.2, 0) is 16.9 Å². The Labute approximate surface area is 115 Å². The molecule has 19 heavy (non-hydrogen) atoms. The van der Waals surface area contributed by atoms with Crippen LogP contribution in [0.3, 0.4) is 0 Å². The Morgan fingerprint density at radius 3 is 2.47 bits per heavy atom. The fraction of sp³-hybridized carbons (Fsp3) is 0.733. The van der Waals surface area contributed by atoms with Gasteiger partial charge >= 0.3 is 0 Å². The van der Waals surface area contributed by atoms with E-state index in [4.69, 9.17) is 10.5 Å². The van der Waals surface area contributed by atoms with Crippen LogP contribution in [0.4, 0.5) is 0 Å². The number of hydrogen-bond donors (Lipinski definition) is 1. The minimum absolute atomic E-state index is 0.290. The molecule has 1 heterocycles. The summed E-state index contributed by atoms with van der Waals surface area (Å²) < 4.78 is 6.13. The summed E-state index contributed by atoms with van der Waals surface area (Å²) in [6.07, 6.45) is 6.99. The molecule has 0 saturated heterocycles. The molecule has 0 radical (unpaired) electrons. The summed E-state index contributed by atoms with van der Waals surface area (Å²) >= 11 is 0. The summed E-state index contributed by atoms with van der Waals surface area (Å²) in [6, 6.07) is 1.96. The van der Waals surface area contributed by atoms with E-state index < -0.39 is 0 Å². The predicted molar refractivity (Wildman–Crippen MR) is 75.7 cm³/mol. The van der Waals surface area contributed by atoms with E-state index >= 15 is 0 Å². The molecular formula is C15H25N3O. The van der Waals surface area contributed by atoms with Crippen molar-refractivity contribution in [3.8, 4) is 0 Å². The molecule has 0 aromatic carbocycles. The number of nitrogens with zero attached hydrogens (tertiary/aromatic N) is 2. The van der Waals surface area contributed by atoms with Gasteiger partial charge in [0.05, 0.1) is 5.69 Å². The largest absolute Gasteiger partial charge is 0.367 e. The molecule has 1 aliphatic carbocycles. The lowest BCUT2D eigenvalue weighted by Crippen LogP contribution is -2.32. The quantitative estimate of drug-likeness (QED) is 0.849. The minimum atomic E-state index is -0.290. The molecule has 0 bridgehead atoms. The highest BCUT2D eigenvalue weighted by molar-refractivity contribution is 5.14. The SMILES string of the molecule is CCOC1(c2nc(C)cc(CN)n2)CCCCCC1. The number of ether oxygens (including phenoxy) is 1. The van der Waals surface area contributed by atoms with Crippen molar-refractivity contribution >= 4 is 0 Å². The molecule has 0 atom stereocenters.